The highest BCUT2D eigenvalue weighted by atomic mass is 32.2. The van der Waals surface area contributed by atoms with E-state index in [0.717, 1.165) is 5.82 Å². The van der Waals surface area contributed by atoms with Crippen molar-refractivity contribution in [2.75, 3.05) is 11.1 Å². The molecule has 0 fully saturated rings. The SMILES string of the molecule is C=CCn1c(Cc2cccs2)nnc1SCC(=O)Nc1ccccc1F. The maximum Gasteiger partial charge on any atom is 0.234 e. The topological polar surface area (TPSA) is 59.8 Å². The third-order valence-corrected chi connectivity index (χ3v) is 5.34. The van der Waals surface area contributed by atoms with Crippen LogP contribution in [0.5, 0.6) is 0 Å². The largest absolute Gasteiger partial charge is 0.323 e. The van der Waals surface area contributed by atoms with Gasteiger partial charge in [-0.2, -0.15) is 0 Å². The highest BCUT2D eigenvalue weighted by molar-refractivity contribution is 7.99. The van der Waals surface area contributed by atoms with Crippen molar-refractivity contribution >= 4 is 34.7 Å². The Morgan fingerprint density at radius 3 is 2.88 bits per heavy atom. The number of rotatable bonds is 8. The van der Waals surface area contributed by atoms with E-state index in [-0.39, 0.29) is 17.3 Å². The van der Waals surface area contributed by atoms with Crippen molar-refractivity contribution in [2.24, 2.45) is 0 Å². The van der Waals surface area contributed by atoms with Crippen LogP contribution < -0.4 is 5.32 Å². The minimum Gasteiger partial charge on any atom is -0.323 e. The van der Waals surface area contributed by atoms with Gasteiger partial charge in [-0.05, 0) is 23.6 Å². The van der Waals surface area contributed by atoms with Gasteiger partial charge in [0.05, 0.1) is 11.4 Å². The summed E-state index contributed by atoms with van der Waals surface area (Å²) in [6, 6.07) is 10.1. The third-order valence-electron chi connectivity index (χ3n) is 3.50. The average molecular weight is 388 g/mol. The fourth-order valence-electron chi connectivity index (χ4n) is 2.32. The molecule has 3 rings (SSSR count). The Balaban J connectivity index is 1.65. The number of para-hydroxylation sites is 1. The molecule has 0 saturated carbocycles. The first-order valence-corrected chi connectivity index (χ1v) is 9.76. The second-order valence-corrected chi connectivity index (χ2v) is 7.35. The van der Waals surface area contributed by atoms with Crippen molar-refractivity contribution in [3.63, 3.8) is 0 Å². The van der Waals surface area contributed by atoms with Gasteiger partial charge in [-0.1, -0.05) is 36.0 Å². The Kier molecular flexibility index (Phi) is 6.19. The molecule has 3 aromatic rings. The molecule has 5 nitrogen and oxygen atoms in total. The monoisotopic (exact) mass is 388 g/mol. The van der Waals surface area contributed by atoms with Crippen LogP contribution >= 0.6 is 23.1 Å². The average Bonchev–Trinajstić information content (AvgIpc) is 3.27. The van der Waals surface area contributed by atoms with Gasteiger partial charge >= 0.3 is 0 Å². The van der Waals surface area contributed by atoms with Crippen LogP contribution in [-0.4, -0.2) is 26.4 Å². The van der Waals surface area contributed by atoms with Crippen LogP contribution in [0, 0.1) is 5.82 Å². The lowest BCUT2D eigenvalue weighted by molar-refractivity contribution is -0.113. The van der Waals surface area contributed by atoms with Crippen LogP contribution in [0.3, 0.4) is 0 Å². The van der Waals surface area contributed by atoms with E-state index < -0.39 is 5.82 Å². The molecule has 2 aromatic heterocycles. The number of nitrogens with zero attached hydrogens (tertiary/aromatic N) is 3. The third kappa shape index (κ3) is 4.59. The number of anilines is 1. The van der Waals surface area contributed by atoms with E-state index in [4.69, 9.17) is 0 Å². The summed E-state index contributed by atoms with van der Waals surface area (Å²) in [7, 11) is 0. The van der Waals surface area contributed by atoms with E-state index in [1.54, 1.807) is 29.5 Å². The number of thioether (sulfide) groups is 1. The Bertz CT molecular complexity index is 892. The lowest BCUT2D eigenvalue weighted by Gasteiger charge is -2.08. The number of hydrogen-bond acceptors (Lipinski definition) is 5. The summed E-state index contributed by atoms with van der Waals surface area (Å²) in [6.45, 7) is 4.33. The zero-order valence-corrected chi connectivity index (χ0v) is 15.5. The molecule has 134 valence electrons. The van der Waals surface area contributed by atoms with E-state index in [1.807, 2.05) is 22.1 Å². The number of halogens is 1. The number of hydrogen-bond donors (Lipinski definition) is 1. The smallest absolute Gasteiger partial charge is 0.234 e. The van der Waals surface area contributed by atoms with Gasteiger partial charge in [0.15, 0.2) is 5.16 Å². The molecule has 2 heterocycles. The molecule has 0 aliphatic rings. The normalized spacial score (nSPS) is 10.7. The maximum absolute atomic E-state index is 13.6. The van der Waals surface area contributed by atoms with Crippen molar-refractivity contribution in [2.45, 2.75) is 18.1 Å². The number of carbonyl (C=O) groups excluding carboxylic acids is 1. The van der Waals surface area contributed by atoms with E-state index >= 15 is 0 Å². The number of amides is 1. The number of benzene rings is 1. The number of carbonyl (C=O) groups is 1. The van der Waals surface area contributed by atoms with Crippen molar-refractivity contribution in [3.8, 4) is 0 Å². The summed E-state index contributed by atoms with van der Waals surface area (Å²) in [5.41, 5.74) is 0.170. The number of aromatic nitrogens is 3. The van der Waals surface area contributed by atoms with Crippen molar-refractivity contribution in [1.82, 2.24) is 14.8 Å². The van der Waals surface area contributed by atoms with Crippen LogP contribution in [0.15, 0.2) is 59.6 Å². The fourth-order valence-corrected chi connectivity index (χ4v) is 3.79. The lowest BCUT2D eigenvalue weighted by atomic mass is 10.3. The molecule has 26 heavy (non-hydrogen) atoms. The number of allylic oxidation sites excluding steroid dienone is 1. The zero-order chi connectivity index (χ0) is 18.4. The maximum atomic E-state index is 13.6. The van der Waals surface area contributed by atoms with Crippen LogP contribution in [0.25, 0.3) is 0 Å². The van der Waals surface area contributed by atoms with Crippen LogP contribution in [-0.2, 0) is 17.8 Å². The second-order valence-electron chi connectivity index (χ2n) is 5.37. The molecule has 0 aliphatic carbocycles. The van der Waals surface area contributed by atoms with Crippen LogP contribution in [0.4, 0.5) is 10.1 Å². The minimum atomic E-state index is -0.459. The van der Waals surface area contributed by atoms with Crippen molar-refractivity contribution in [3.05, 3.63) is 71.0 Å². The lowest BCUT2D eigenvalue weighted by Crippen LogP contribution is -2.15. The van der Waals surface area contributed by atoms with Gasteiger partial charge in [0.25, 0.3) is 0 Å². The summed E-state index contributed by atoms with van der Waals surface area (Å²) in [6.07, 6.45) is 2.45. The molecule has 0 atom stereocenters. The van der Waals surface area contributed by atoms with Gasteiger partial charge in [-0.25, -0.2) is 4.39 Å². The molecule has 0 aliphatic heterocycles. The Hall–Kier alpha value is -2.45. The van der Waals surface area contributed by atoms with Gasteiger partial charge in [-0.3, -0.25) is 4.79 Å². The predicted molar refractivity (Wildman–Crippen MR) is 103 cm³/mol. The van der Waals surface area contributed by atoms with Gasteiger partial charge in [0, 0.05) is 17.8 Å². The molecule has 0 bridgehead atoms. The highest BCUT2D eigenvalue weighted by Gasteiger charge is 2.15. The van der Waals surface area contributed by atoms with Gasteiger partial charge in [0.1, 0.15) is 11.6 Å². The van der Waals surface area contributed by atoms with Gasteiger partial charge < -0.3 is 9.88 Å². The predicted octanol–water partition coefficient (Wildman–Crippen LogP) is 3.99. The molecule has 1 aromatic carbocycles. The quantitative estimate of drug-likeness (QED) is 0.468. The first-order valence-electron chi connectivity index (χ1n) is 7.90. The Morgan fingerprint density at radius 1 is 1.31 bits per heavy atom. The summed E-state index contributed by atoms with van der Waals surface area (Å²) in [5.74, 6) is 0.180. The zero-order valence-electron chi connectivity index (χ0n) is 13.9. The van der Waals surface area contributed by atoms with Gasteiger partial charge in [-0.15, -0.1) is 28.1 Å². The molecule has 1 amide bonds. The first-order chi connectivity index (χ1) is 12.7. The Labute approximate surface area is 159 Å². The summed E-state index contributed by atoms with van der Waals surface area (Å²) in [4.78, 5) is 13.3. The molecule has 0 saturated heterocycles. The molecular formula is C18H17FN4OS2. The fraction of sp³-hybridized carbons (Fsp3) is 0.167. The molecule has 0 spiro atoms. The number of nitrogens with one attached hydrogen (secondary N) is 1. The van der Waals surface area contributed by atoms with E-state index in [0.29, 0.717) is 18.1 Å². The molecule has 0 radical (unpaired) electrons. The highest BCUT2D eigenvalue weighted by Crippen LogP contribution is 2.21. The van der Waals surface area contributed by atoms with Crippen molar-refractivity contribution in [1.29, 1.82) is 0 Å². The molecule has 0 unspecified atom stereocenters. The first kappa shape index (κ1) is 18.3. The van der Waals surface area contributed by atoms with Crippen LogP contribution in [0.1, 0.15) is 10.7 Å². The molecule has 1 N–H and O–H groups in total. The van der Waals surface area contributed by atoms with E-state index in [2.05, 4.69) is 22.1 Å². The van der Waals surface area contributed by atoms with Crippen molar-refractivity contribution < 1.29 is 9.18 Å². The summed E-state index contributed by atoms with van der Waals surface area (Å²) < 4.78 is 15.5. The minimum absolute atomic E-state index is 0.114. The number of thiophene rings is 1. The van der Waals surface area contributed by atoms with Crippen LogP contribution in [0.2, 0.25) is 0 Å². The van der Waals surface area contributed by atoms with E-state index in [1.165, 1.54) is 28.8 Å². The molecular weight excluding hydrogens is 371 g/mol. The van der Waals surface area contributed by atoms with Gasteiger partial charge in [0.2, 0.25) is 5.91 Å². The second kappa shape index (κ2) is 8.77. The summed E-state index contributed by atoms with van der Waals surface area (Å²) in [5, 5.41) is 13.7. The molecule has 8 heteroatoms. The van der Waals surface area contributed by atoms with E-state index in [9.17, 15) is 9.18 Å². The Morgan fingerprint density at radius 2 is 2.15 bits per heavy atom. The summed E-state index contributed by atoms with van der Waals surface area (Å²) >= 11 is 2.93. The standard InChI is InChI=1S/C18H17FN4OS2/c1-2-9-23-16(11-13-6-5-10-25-13)21-22-18(23)26-12-17(24)20-15-8-4-3-7-14(15)19/h2-8,10H,1,9,11-12H2,(H,20,24).